The fourth-order valence-electron chi connectivity index (χ4n) is 1.34. The maximum Gasteiger partial charge on any atom is 0.323 e. The quantitative estimate of drug-likeness (QED) is 0.572. The Labute approximate surface area is 71.7 Å². The van der Waals surface area contributed by atoms with E-state index in [2.05, 4.69) is 0 Å². The van der Waals surface area contributed by atoms with E-state index in [1.807, 2.05) is 0 Å². The monoisotopic (exact) mass is 173 g/mol. The number of esters is 1. The van der Waals surface area contributed by atoms with E-state index in [1.165, 1.54) is 0 Å². The van der Waals surface area contributed by atoms with Crippen molar-refractivity contribution in [1.82, 2.24) is 0 Å². The third-order valence-corrected chi connectivity index (χ3v) is 2.31. The average molecular weight is 173 g/mol. The summed E-state index contributed by atoms with van der Waals surface area (Å²) in [7, 11) is 0. The number of aliphatic hydroxyl groups excluding tert-OH is 1. The summed E-state index contributed by atoms with van der Waals surface area (Å²) in [6.45, 7) is 2.08. The number of aliphatic hydroxyl groups is 1. The number of ether oxygens (including phenoxy) is 1. The molecule has 0 saturated heterocycles. The number of hydrogen-bond acceptors (Lipinski definition) is 4. The maximum atomic E-state index is 11.1. The van der Waals surface area contributed by atoms with E-state index in [-0.39, 0.29) is 5.92 Å². The highest BCUT2D eigenvalue weighted by Crippen LogP contribution is 2.29. The van der Waals surface area contributed by atoms with Gasteiger partial charge in [0, 0.05) is 5.92 Å². The zero-order valence-corrected chi connectivity index (χ0v) is 7.19. The van der Waals surface area contributed by atoms with Gasteiger partial charge in [0.15, 0.2) is 0 Å². The number of hydrogen-bond donors (Lipinski definition) is 2. The number of carbonyl (C=O) groups excluding carboxylic acids is 1. The Hall–Kier alpha value is -0.610. The van der Waals surface area contributed by atoms with Crippen LogP contribution in [0.1, 0.15) is 19.8 Å². The summed E-state index contributed by atoms with van der Waals surface area (Å²) in [5.41, 5.74) is 5.56. The van der Waals surface area contributed by atoms with Crippen molar-refractivity contribution in [3.8, 4) is 0 Å². The predicted octanol–water partition coefficient (Wildman–Crippen LogP) is -0.352. The van der Waals surface area contributed by atoms with Crippen LogP contribution in [0.3, 0.4) is 0 Å². The van der Waals surface area contributed by atoms with Crippen molar-refractivity contribution in [3.63, 3.8) is 0 Å². The normalized spacial score (nSPS) is 30.6. The van der Waals surface area contributed by atoms with Crippen LogP contribution in [0.4, 0.5) is 0 Å². The maximum absolute atomic E-state index is 11.1. The van der Waals surface area contributed by atoms with Crippen LogP contribution in [0.15, 0.2) is 0 Å². The van der Waals surface area contributed by atoms with E-state index < -0.39 is 18.1 Å². The lowest BCUT2D eigenvalue weighted by Crippen LogP contribution is -2.49. The molecule has 0 bridgehead atoms. The third kappa shape index (κ3) is 1.76. The fraction of sp³-hybridized carbons (Fsp3) is 0.875. The molecule has 12 heavy (non-hydrogen) atoms. The van der Waals surface area contributed by atoms with Crippen molar-refractivity contribution in [1.29, 1.82) is 0 Å². The first-order valence-corrected chi connectivity index (χ1v) is 4.27. The van der Waals surface area contributed by atoms with Gasteiger partial charge in [0.25, 0.3) is 0 Å². The highest BCUT2D eigenvalue weighted by atomic mass is 16.5. The summed E-state index contributed by atoms with van der Waals surface area (Å²) in [6, 6.07) is -0.645. The minimum absolute atomic E-state index is 0.0935. The zero-order valence-electron chi connectivity index (χ0n) is 7.19. The molecular formula is C8H15NO3. The Bertz CT molecular complexity index is 172. The first-order valence-electron chi connectivity index (χ1n) is 4.27. The summed E-state index contributed by atoms with van der Waals surface area (Å²) >= 11 is 0. The highest BCUT2D eigenvalue weighted by molar-refractivity contribution is 5.76. The zero-order chi connectivity index (χ0) is 9.14. The summed E-state index contributed by atoms with van der Waals surface area (Å²) in [5.74, 6) is -0.495. The molecule has 4 nitrogen and oxygen atoms in total. The van der Waals surface area contributed by atoms with Crippen LogP contribution in [0.5, 0.6) is 0 Å². The molecule has 0 aromatic heterocycles. The van der Waals surface area contributed by atoms with Crippen LogP contribution in [0.25, 0.3) is 0 Å². The van der Waals surface area contributed by atoms with Crippen molar-refractivity contribution in [2.75, 3.05) is 6.61 Å². The fourth-order valence-corrected chi connectivity index (χ4v) is 1.34. The molecule has 1 saturated carbocycles. The minimum atomic E-state index is -0.645. The molecule has 1 aliphatic carbocycles. The SMILES string of the molecule is CCOC(=O)C(N)C1CCC1O. The molecule has 70 valence electrons. The van der Waals surface area contributed by atoms with Crippen LogP contribution in [0, 0.1) is 5.92 Å². The van der Waals surface area contributed by atoms with E-state index in [9.17, 15) is 9.90 Å². The largest absolute Gasteiger partial charge is 0.465 e. The Kier molecular flexibility index (Phi) is 3.05. The second-order valence-electron chi connectivity index (χ2n) is 3.09. The lowest BCUT2D eigenvalue weighted by atomic mass is 9.77. The highest BCUT2D eigenvalue weighted by Gasteiger charge is 2.37. The molecule has 3 atom stereocenters. The van der Waals surface area contributed by atoms with E-state index in [4.69, 9.17) is 10.5 Å². The van der Waals surface area contributed by atoms with Crippen molar-refractivity contribution in [2.45, 2.75) is 31.9 Å². The molecule has 3 N–H and O–H groups in total. The Morgan fingerprint density at radius 1 is 1.75 bits per heavy atom. The molecule has 0 aromatic carbocycles. The van der Waals surface area contributed by atoms with E-state index in [1.54, 1.807) is 6.92 Å². The first-order chi connectivity index (χ1) is 5.66. The Morgan fingerprint density at radius 3 is 2.75 bits per heavy atom. The summed E-state index contributed by atoms with van der Waals surface area (Å²) in [6.07, 6.45) is 1.16. The second-order valence-corrected chi connectivity index (χ2v) is 3.09. The molecule has 0 aliphatic heterocycles. The van der Waals surface area contributed by atoms with Gasteiger partial charge >= 0.3 is 5.97 Å². The molecule has 0 aromatic rings. The van der Waals surface area contributed by atoms with Gasteiger partial charge in [-0.25, -0.2) is 0 Å². The topological polar surface area (TPSA) is 72.5 Å². The van der Waals surface area contributed by atoms with Gasteiger partial charge in [0.1, 0.15) is 6.04 Å². The Morgan fingerprint density at radius 2 is 2.42 bits per heavy atom. The van der Waals surface area contributed by atoms with Gasteiger partial charge in [-0.2, -0.15) is 0 Å². The molecule has 3 unspecified atom stereocenters. The second kappa shape index (κ2) is 3.87. The molecule has 4 heteroatoms. The van der Waals surface area contributed by atoms with Crippen LogP contribution in [-0.2, 0) is 9.53 Å². The summed E-state index contributed by atoms with van der Waals surface area (Å²) in [4.78, 5) is 11.1. The number of carbonyl (C=O) groups is 1. The third-order valence-electron chi connectivity index (χ3n) is 2.31. The molecule has 0 amide bonds. The molecule has 0 spiro atoms. The molecular weight excluding hydrogens is 158 g/mol. The van der Waals surface area contributed by atoms with Crippen molar-refractivity contribution in [2.24, 2.45) is 11.7 Å². The molecule has 1 fully saturated rings. The molecule has 0 heterocycles. The van der Waals surface area contributed by atoms with Crippen LogP contribution in [0.2, 0.25) is 0 Å². The molecule has 0 radical (unpaired) electrons. The minimum Gasteiger partial charge on any atom is -0.465 e. The average Bonchev–Trinajstić information content (AvgIpc) is 2.02. The van der Waals surface area contributed by atoms with E-state index in [0.29, 0.717) is 6.61 Å². The van der Waals surface area contributed by atoms with Gasteiger partial charge in [0.05, 0.1) is 12.7 Å². The van der Waals surface area contributed by atoms with Crippen molar-refractivity contribution in [3.05, 3.63) is 0 Å². The summed E-state index contributed by atoms with van der Waals surface area (Å²) < 4.78 is 4.73. The van der Waals surface area contributed by atoms with Crippen LogP contribution in [-0.4, -0.2) is 29.8 Å². The lowest BCUT2D eigenvalue weighted by molar-refractivity contribution is -0.149. The number of rotatable bonds is 3. The van der Waals surface area contributed by atoms with Gasteiger partial charge in [-0.05, 0) is 19.8 Å². The predicted molar refractivity (Wildman–Crippen MR) is 43.3 cm³/mol. The van der Waals surface area contributed by atoms with Crippen molar-refractivity contribution >= 4 is 5.97 Å². The van der Waals surface area contributed by atoms with Gasteiger partial charge in [-0.3, -0.25) is 4.79 Å². The molecule has 1 rings (SSSR count). The smallest absolute Gasteiger partial charge is 0.323 e. The molecule has 1 aliphatic rings. The van der Waals surface area contributed by atoms with Crippen LogP contribution < -0.4 is 5.73 Å². The van der Waals surface area contributed by atoms with Gasteiger partial charge in [-0.1, -0.05) is 0 Å². The van der Waals surface area contributed by atoms with Crippen molar-refractivity contribution < 1.29 is 14.6 Å². The summed E-state index contributed by atoms with van der Waals surface area (Å²) in [5, 5.41) is 9.21. The Balaban J connectivity index is 2.35. The van der Waals surface area contributed by atoms with Gasteiger partial charge in [-0.15, -0.1) is 0 Å². The first kappa shape index (κ1) is 9.48. The standard InChI is InChI=1S/C8H15NO3/c1-2-12-8(11)7(9)5-3-4-6(5)10/h5-7,10H,2-4,9H2,1H3. The van der Waals surface area contributed by atoms with Crippen LogP contribution >= 0.6 is 0 Å². The van der Waals surface area contributed by atoms with Gasteiger partial charge in [0.2, 0.25) is 0 Å². The van der Waals surface area contributed by atoms with E-state index in [0.717, 1.165) is 12.8 Å². The number of nitrogens with two attached hydrogens (primary N) is 1. The van der Waals surface area contributed by atoms with E-state index >= 15 is 0 Å². The lowest BCUT2D eigenvalue weighted by Gasteiger charge is -2.35. The van der Waals surface area contributed by atoms with Gasteiger partial charge < -0.3 is 15.6 Å².